The Kier molecular flexibility index (Phi) is 11.1. The summed E-state index contributed by atoms with van der Waals surface area (Å²) >= 11 is 0. The van der Waals surface area contributed by atoms with E-state index in [4.69, 9.17) is 4.74 Å². The molecular formula is C17H27N3O2. The number of ether oxygens (including phenoxy) is 1. The van der Waals surface area contributed by atoms with Gasteiger partial charge in [-0.1, -0.05) is 26.0 Å². The van der Waals surface area contributed by atoms with Crippen LogP contribution < -0.4 is 15.4 Å². The number of benzene rings is 1. The number of amides is 1. The van der Waals surface area contributed by atoms with Crippen LogP contribution in [0.3, 0.4) is 0 Å². The zero-order valence-electron chi connectivity index (χ0n) is 14.0. The van der Waals surface area contributed by atoms with Gasteiger partial charge in [0.2, 0.25) is 0 Å². The second-order valence-corrected chi connectivity index (χ2v) is 4.29. The molecule has 0 bridgehead atoms. The summed E-state index contributed by atoms with van der Waals surface area (Å²) in [6, 6.07) is 7.60. The standard InChI is InChI=1S/C15H21N3O2.C2H6/c1-12-5-4-6-14(9-12)20-11-15(19)18-8-7-13(17-3)10-16-2;1-2/h4-6,9-10,17H,2,7-8,11H2,1,3H3,(H,18,19);1-2H3/b13-10-;. The van der Waals surface area contributed by atoms with E-state index < -0.39 is 0 Å². The van der Waals surface area contributed by atoms with E-state index in [9.17, 15) is 4.79 Å². The molecule has 0 aliphatic heterocycles. The third-order valence-corrected chi connectivity index (χ3v) is 2.64. The lowest BCUT2D eigenvalue weighted by molar-refractivity contribution is -0.123. The first kappa shape index (κ1) is 19.7. The summed E-state index contributed by atoms with van der Waals surface area (Å²) < 4.78 is 5.41. The van der Waals surface area contributed by atoms with E-state index in [-0.39, 0.29) is 12.5 Å². The number of aliphatic imine (C=N–C) groups is 1. The molecule has 0 fully saturated rings. The molecule has 0 saturated carbocycles. The maximum Gasteiger partial charge on any atom is 0.257 e. The van der Waals surface area contributed by atoms with Crippen LogP contribution in [0.4, 0.5) is 0 Å². The topological polar surface area (TPSA) is 62.7 Å². The van der Waals surface area contributed by atoms with Gasteiger partial charge in [0.1, 0.15) is 5.75 Å². The van der Waals surface area contributed by atoms with Gasteiger partial charge in [0.25, 0.3) is 5.91 Å². The number of rotatable bonds is 8. The van der Waals surface area contributed by atoms with Crippen molar-refractivity contribution in [3.8, 4) is 5.75 Å². The smallest absolute Gasteiger partial charge is 0.257 e. The lowest BCUT2D eigenvalue weighted by Gasteiger charge is -2.09. The zero-order valence-corrected chi connectivity index (χ0v) is 14.0. The van der Waals surface area contributed by atoms with E-state index in [1.807, 2.05) is 45.0 Å². The normalized spacial score (nSPS) is 10.1. The third kappa shape index (κ3) is 8.79. The quantitative estimate of drug-likeness (QED) is 0.726. The predicted octanol–water partition coefficient (Wildman–Crippen LogP) is 2.67. The molecule has 0 saturated heterocycles. The molecular weight excluding hydrogens is 278 g/mol. The fraction of sp³-hybridized carbons (Fsp3) is 0.412. The van der Waals surface area contributed by atoms with Gasteiger partial charge >= 0.3 is 0 Å². The summed E-state index contributed by atoms with van der Waals surface area (Å²) in [4.78, 5) is 15.3. The summed E-state index contributed by atoms with van der Waals surface area (Å²) in [6.07, 6.45) is 2.31. The Hall–Kier alpha value is -2.30. The van der Waals surface area contributed by atoms with Crippen molar-refractivity contribution in [3.63, 3.8) is 0 Å². The van der Waals surface area contributed by atoms with Gasteiger partial charge < -0.3 is 15.4 Å². The zero-order chi connectivity index (χ0) is 16.8. The lowest BCUT2D eigenvalue weighted by atomic mass is 10.2. The molecule has 122 valence electrons. The number of carbonyl (C=O) groups is 1. The van der Waals surface area contributed by atoms with Crippen molar-refractivity contribution in [2.24, 2.45) is 4.99 Å². The Labute approximate surface area is 133 Å². The summed E-state index contributed by atoms with van der Waals surface area (Å²) in [5.41, 5.74) is 2.02. The van der Waals surface area contributed by atoms with Crippen molar-refractivity contribution in [1.29, 1.82) is 0 Å². The van der Waals surface area contributed by atoms with Crippen LogP contribution >= 0.6 is 0 Å². The van der Waals surface area contributed by atoms with Crippen LogP contribution in [0.2, 0.25) is 0 Å². The average molecular weight is 305 g/mol. The van der Waals surface area contributed by atoms with Crippen LogP contribution in [-0.2, 0) is 4.79 Å². The highest BCUT2D eigenvalue weighted by molar-refractivity contribution is 5.77. The Morgan fingerprint density at radius 3 is 2.73 bits per heavy atom. The van der Waals surface area contributed by atoms with Crippen molar-refractivity contribution in [1.82, 2.24) is 10.6 Å². The highest BCUT2D eigenvalue weighted by Gasteiger charge is 2.03. The molecule has 0 aliphatic rings. The molecule has 0 spiro atoms. The number of nitrogens with one attached hydrogen (secondary N) is 2. The molecule has 5 nitrogen and oxygen atoms in total. The Morgan fingerprint density at radius 1 is 1.41 bits per heavy atom. The molecule has 22 heavy (non-hydrogen) atoms. The van der Waals surface area contributed by atoms with Crippen LogP contribution in [0, 0.1) is 6.92 Å². The molecule has 0 atom stereocenters. The molecule has 0 unspecified atom stereocenters. The largest absolute Gasteiger partial charge is 0.484 e. The monoisotopic (exact) mass is 305 g/mol. The van der Waals surface area contributed by atoms with Gasteiger partial charge in [0, 0.05) is 31.9 Å². The highest BCUT2D eigenvalue weighted by atomic mass is 16.5. The SMILES string of the molecule is C=N/C=C(/CCNC(=O)COc1cccc(C)c1)NC.CC. The second kappa shape index (κ2) is 12.4. The molecule has 1 aromatic rings. The van der Waals surface area contributed by atoms with Gasteiger partial charge in [-0.2, -0.15) is 0 Å². The Bertz CT molecular complexity index is 485. The van der Waals surface area contributed by atoms with Gasteiger partial charge in [0.05, 0.1) is 0 Å². The number of aryl methyl sites for hydroxylation is 1. The van der Waals surface area contributed by atoms with E-state index in [0.29, 0.717) is 18.7 Å². The van der Waals surface area contributed by atoms with Crippen molar-refractivity contribution in [2.45, 2.75) is 27.2 Å². The van der Waals surface area contributed by atoms with Gasteiger partial charge in [-0.15, -0.1) is 0 Å². The summed E-state index contributed by atoms with van der Waals surface area (Å²) in [7, 11) is 1.81. The molecule has 1 amide bonds. The second-order valence-electron chi connectivity index (χ2n) is 4.29. The van der Waals surface area contributed by atoms with Gasteiger partial charge in [-0.25, -0.2) is 0 Å². The Balaban J connectivity index is 0.00000211. The fourth-order valence-electron chi connectivity index (χ4n) is 1.61. The van der Waals surface area contributed by atoms with Crippen LogP contribution in [0.25, 0.3) is 0 Å². The number of hydrogen-bond acceptors (Lipinski definition) is 4. The van der Waals surface area contributed by atoms with Crippen molar-refractivity contribution in [2.75, 3.05) is 20.2 Å². The van der Waals surface area contributed by atoms with Crippen LogP contribution in [0.1, 0.15) is 25.8 Å². The highest BCUT2D eigenvalue weighted by Crippen LogP contribution is 2.11. The third-order valence-electron chi connectivity index (χ3n) is 2.64. The first-order valence-electron chi connectivity index (χ1n) is 7.44. The fourth-order valence-corrected chi connectivity index (χ4v) is 1.61. The van der Waals surface area contributed by atoms with Crippen LogP contribution in [0.5, 0.6) is 5.75 Å². The molecule has 0 heterocycles. The van der Waals surface area contributed by atoms with E-state index in [2.05, 4.69) is 22.3 Å². The van der Waals surface area contributed by atoms with E-state index in [1.54, 1.807) is 13.2 Å². The summed E-state index contributed by atoms with van der Waals surface area (Å²) in [5.74, 6) is 0.556. The Morgan fingerprint density at radius 2 is 2.14 bits per heavy atom. The number of carbonyl (C=O) groups excluding carboxylic acids is 1. The molecule has 0 radical (unpaired) electrons. The first-order valence-corrected chi connectivity index (χ1v) is 7.44. The molecule has 5 heteroatoms. The minimum Gasteiger partial charge on any atom is -0.484 e. The molecule has 0 aliphatic carbocycles. The van der Waals surface area contributed by atoms with Gasteiger partial charge in [-0.05, 0) is 31.3 Å². The number of nitrogens with zero attached hydrogens (tertiary/aromatic N) is 1. The average Bonchev–Trinajstić information content (AvgIpc) is 2.54. The van der Waals surface area contributed by atoms with Crippen molar-refractivity contribution in [3.05, 3.63) is 41.7 Å². The maximum absolute atomic E-state index is 11.6. The van der Waals surface area contributed by atoms with Gasteiger partial charge in [0.15, 0.2) is 6.61 Å². The summed E-state index contributed by atoms with van der Waals surface area (Å²) in [6.45, 7) is 9.91. The van der Waals surface area contributed by atoms with Crippen LogP contribution in [0.15, 0.2) is 41.2 Å². The van der Waals surface area contributed by atoms with E-state index in [0.717, 1.165) is 11.3 Å². The van der Waals surface area contributed by atoms with Gasteiger partial charge in [-0.3, -0.25) is 9.79 Å². The van der Waals surface area contributed by atoms with E-state index in [1.165, 1.54) is 0 Å². The number of hydrogen-bond donors (Lipinski definition) is 2. The summed E-state index contributed by atoms with van der Waals surface area (Å²) in [5, 5.41) is 5.77. The lowest BCUT2D eigenvalue weighted by Crippen LogP contribution is -2.30. The molecule has 1 aromatic carbocycles. The first-order chi connectivity index (χ1) is 10.7. The molecule has 0 aromatic heterocycles. The predicted molar refractivity (Wildman–Crippen MR) is 92.3 cm³/mol. The van der Waals surface area contributed by atoms with E-state index >= 15 is 0 Å². The minimum absolute atomic E-state index is 0.0156. The van der Waals surface area contributed by atoms with Crippen LogP contribution in [-0.4, -0.2) is 32.8 Å². The molecule has 1 rings (SSSR count). The maximum atomic E-state index is 11.6. The van der Waals surface area contributed by atoms with Crippen molar-refractivity contribution < 1.29 is 9.53 Å². The minimum atomic E-state index is -0.145. The molecule has 2 N–H and O–H groups in total. The van der Waals surface area contributed by atoms with Crippen molar-refractivity contribution >= 4 is 12.6 Å².